The Hall–Kier alpha value is -1.88. The first-order chi connectivity index (χ1) is 9.08. The van der Waals surface area contributed by atoms with Crippen LogP contribution >= 0.6 is 11.8 Å². The van der Waals surface area contributed by atoms with E-state index >= 15 is 0 Å². The second kappa shape index (κ2) is 5.84. The summed E-state index contributed by atoms with van der Waals surface area (Å²) >= 11 is 1.46. The quantitative estimate of drug-likeness (QED) is 0.474. The molecule has 0 aliphatic carbocycles. The number of benzene rings is 2. The van der Waals surface area contributed by atoms with Crippen LogP contribution in [0.25, 0.3) is 0 Å². The van der Waals surface area contributed by atoms with E-state index in [0.717, 1.165) is 10.5 Å². The summed E-state index contributed by atoms with van der Waals surface area (Å²) < 4.78 is 13.9. The van der Waals surface area contributed by atoms with E-state index in [4.69, 9.17) is 0 Å². The monoisotopic (exact) mass is 277 g/mol. The molecule has 2 rings (SSSR count). The minimum absolute atomic E-state index is 0.348. The number of halogens is 1. The number of nitro benzene ring substituents is 1. The minimum atomic E-state index is -0.743. The van der Waals surface area contributed by atoms with Crippen molar-refractivity contribution < 1.29 is 9.31 Å². The molecular formula is C14H12FNO2S. The zero-order valence-electron chi connectivity index (χ0n) is 10.3. The third-order valence-corrected chi connectivity index (χ3v) is 3.68. The van der Waals surface area contributed by atoms with Crippen molar-refractivity contribution in [1.29, 1.82) is 0 Å². The van der Waals surface area contributed by atoms with E-state index in [-0.39, 0.29) is 0 Å². The van der Waals surface area contributed by atoms with Crippen molar-refractivity contribution >= 4 is 17.4 Å². The molecule has 0 saturated heterocycles. The Morgan fingerprint density at radius 2 is 2.00 bits per heavy atom. The van der Waals surface area contributed by atoms with Gasteiger partial charge in [0.2, 0.25) is 5.82 Å². The van der Waals surface area contributed by atoms with Crippen LogP contribution in [0.2, 0.25) is 0 Å². The molecule has 0 aromatic heterocycles. The third kappa shape index (κ3) is 3.32. The molecule has 98 valence electrons. The fourth-order valence-corrected chi connectivity index (χ4v) is 2.67. The highest BCUT2D eigenvalue weighted by Crippen LogP contribution is 2.27. The first-order valence-corrected chi connectivity index (χ1v) is 6.68. The molecule has 5 heteroatoms. The van der Waals surface area contributed by atoms with Crippen molar-refractivity contribution in [2.45, 2.75) is 17.6 Å². The molecule has 0 atom stereocenters. The molecule has 0 aliphatic rings. The Kier molecular flexibility index (Phi) is 4.16. The number of rotatable bonds is 4. The van der Waals surface area contributed by atoms with Crippen molar-refractivity contribution in [1.82, 2.24) is 0 Å². The Labute approximate surface area is 114 Å². The summed E-state index contributed by atoms with van der Waals surface area (Å²) in [5, 5.41) is 10.7. The maximum Gasteiger partial charge on any atom is 0.305 e. The number of hydrogen-bond acceptors (Lipinski definition) is 3. The lowest BCUT2D eigenvalue weighted by molar-refractivity contribution is -0.387. The lowest BCUT2D eigenvalue weighted by atomic mass is 10.2. The topological polar surface area (TPSA) is 43.1 Å². The molecule has 19 heavy (non-hydrogen) atoms. The van der Waals surface area contributed by atoms with Crippen molar-refractivity contribution in [2.75, 3.05) is 0 Å². The Morgan fingerprint density at radius 1 is 1.26 bits per heavy atom. The molecule has 0 N–H and O–H groups in total. The van der Waals surface area contributed by atoms with Crippen molar-refractivity contribution in [3.8, 4) is 0 Å². The van der Waals surface area contributed by atoms with Crippen LogP contribution in [-0.2, 0) is 5.75 Å². The Balaban J connectivity index is 2.16. The zero-order chi connectivity index (χ0) is 13.8. The summed E-state index contributed by atoms with van der Waals surface area (Å²) in [5.41, 5.74) is 1.01. The first kappa shape index (κ1) is 13.5. The van der Waals surface area contributed by atoms with E-state index in [0.29, 0.717) is 11.3 Å². The normalized spacial score (nSPS) is 10.4. The largest absolute Gasteiger partial charge is 0.305 e. The lowest BCUT2D eigenvalue weighted by Crippen LogP contribution is -1.96. The van der Waals surface area contributed by atoms with Crippen LogP contribution in [-0.4, -0.2) is 4.92 Å². The molecule has 0 bridgehead atoms. The number of nitrogens with zero attached hydrogens (tertiary/aromatic N) is 1. The Bertz CT molecular complexity index is 616. The molecular weight excluding hydrogens is 265 g/mol. The number of thioether (sulfide) groups is 1. The molecule has 0 aliphatic heterocycles. The average molecular weight is 277 g/mol. The van der Waals surface area contributed by atoms with E-state index < -0.39 is 16.4 Å². The smallest absolute Gasteiger partial charge is 0.258 e. The van der Waals surface area contributed by atoms with Crippen LogP contribution in [0.3, 0.4) is 0 Å². The van der Waals surface area contributed by atoms with Gasteiger partial charge in [0.25, 0.3) is 0 Å². The van der Waals surface area contributed by atoms with Crippen LogP contribution in [0.15, 0.2) is 47.4 Å². The van der Waals surface area contributed by atoms with Gasteiger partial charge in [-0.15, -0.1) is 11.8 Å². The fraction of sp³-hybridized carbons (Fsp3) is 0.143. The van der Waals surface area contributed by atoms with Gasteiger partial charge < -0.3 is 0 Å². The van der Waals surface area contributed by atoms with Crippen LogP contribution in [0.5, 0.6) is 0 Å². The molecule has 0 fully saturated rings. The first-order valence-electron chi connectivity index (χ1n) is 5.69. The summed E-state index contributed by atoms with van der Waals surface area (Å²) in [4.78, 5) is 11.0. The van der Waals surface area contributed by atoms with Gasteiger partial charge in [-0.2, -0.15) is 4.39 Å². The lowest BCUT2D eigenvalue weighted by Gasteiger charge is -2.04. The van der Waals surface area contributed by atoms with Crippen LogP contribution in [0.4, 0.5) is 10.1 Å². The van der Waals surface area contributed by atoms with Gasteiger partial charge in [0.15, 0.2) is 0 Å². The highest BCUT2D eigenvalue weighted by molar-refractivity contribution is 7.98. The summed E-state index contributed by atoms with van der Waals surface area (Å²) in [5.74, 6) is -0.371. The van der Waals surface area contributed by atoms with E-state index in [9.17, 15) is 14.5 Å². The molecule has 0 radical (unpaired) electrons. The molecule has 0 heterocycles. The molecule has 0 spiro atoms. The zero-order valence-corrected chi connectivity index (χ0v) is 11.1. The van der Waals surface area contributed by atoms with Crippen LogP contribution in [0, 0.1) is 22.9 Å². The van der Waals surface area contributed by atoms with Gasteiger partial charge in [0, 0.05) is 22.3 Å². The van der Waals surface area contributed by atoms with Gasteiger partial charge in [-0.3, -0.25) is 10.1 Å². The number of aryl methyl sites for hydroxylation is 1. The van der Waals surface area contributed by atoms with Gasteiger partial charge in [0.1, 0.15) is 0 Å². The number of hydrogen-bond donors (Lipinski definition) is 0. The van der Waals surface area contributed by atoms with E-state index in [1.54, 1.807) is 6.07 Å². The molecule has 2 aromatic carbocycles. The van der Waals surface area contributed by atoms with E-state index in [1.807, 2.05) is 31.2 Å². The second-order valence-corrected chi connectivity index (χ2v) is 5.16. The van der Waals surface area contributed by atoms with Gasteiger partial charge >= 0.3 is 5.69 Å². The molecule has 0 saturated carbocycles. The van der Waals surface area contributed by atoms with Crippen molar-refractivity contribution in [3.05, 3.63) is 69.5 Å². The summed E-state index contributed by atoms with van der Waals surface area (Å²) in [6.45, 7) is 1.98. The standard InChI is InChI=1S/C14H12FNO2S/c1-10-4-2-6-12(8-10)19-9-11-5-3-7-13(14(11)15)16(17)18/h2-8H,9H2,1H3. The highest BCUT2D eigenvalue weighted by atomic mass is 32.2. The third-order valence-electron chi connectivity index (χ3n) is 2.64. The minimum Gasteiger partial charge on any atom is -0.258 e. The van der Waals surface area contributed by atoms with Crippen molar-refractivity contribution in [2.24, 2.45) is 0 Å². The molecule has 0 amide bonds. The highest BCUT2D eigenvalue weighted by Gasteiger charge is 2.16. The predicted molar refractivity (Wildman–Crippen MR) is 73.8 cm³/mol. The molecule has 3 nitrogen and oxygen atoms in total. The summed E-state index contributed by atoms with van der Waals surface area (Å²) in [6, 6.07) is 12.1. The SMILES string of the molecule is Cc1cccc(SCc2cccc([N+](=O)[O-])c2F)c1. The maximum absolute atomic E-state index is 13.9. The Morgan fingerprint density at radius 3 is 2.68 bits per heavy atom. The van der Waals surface area contributed by atoms with Crippen LogP contribution in [0.1, 0.15) is 11.1 Å². The second-order valence-electron chi connectivity index (χ2n) is 4.11. The van der Waals surface area contributed by atoms with Crippen molar-refractivity contribution in [3.63, 3.8) is 0 Å². The van der Waals surface area contributed by atoms with Gasteiger partial charge in [-0.05, 0) is 19.1 Å². The number of nitro groups is 1. The van der Waals surface area contributed by atoms with E-state index in [1.165, 1.54) is 23.9 Å². The average Bonchev–Trinajstić information content (AvgIpc) is 2.37. The van der Waals surface area contributed by atoms with E-state index in [2.05, 4.69) is 0 Å². The summed E-state index contributed by atoms with van der Waals surface area (Å²) in [6.07, 6.45) is 0. The van der Waals surface area contributed by atoms with Gasteiger partial charge in [-0.25, -0.2) is 0 Å². The summed E-state index contributed by atoms with van der Waals surface area (Å²) in [7, 11) is 0. The predicted octanol–water partition coefficient (Wildman–Crippen LogP) is 4.33. The maximum atomic E-state index is 13.9. The molecule has 0 unspecified atom stereocenters. The fourth-order valence-electron chi connectivity index (χ4n) is 1.68. The van der Waals surface area contributed by atoms with Gasteiger partial charge in [0.05, 0.1) is 4.92 Å². The molecule has 2 aromatic rings. The van der Waals surface area contributed by atoms with Gasteiger partial charge in [-0.1, -0.05) is 29.8 Å². The van der Waals surface area contributed by atoms with Crippen LogP contribution < -0.4 is 0 Å².